The van der Waals surface area contributed by atoms with Crippen molar-refractivity contribution in [1.82, 2.24) is 19.6 Å². The van der Waals surface area contributed by atoms with Crippen molar-refractivity contribution in [2.24, 2.45) is 0 Å². The van der Waals surface area contributed by atoms with Crippen LogP contribution >= 0.6 is 11.8 Å². The van der Waals surface area contributed by atoms with E-state index in [0.717, 1.165) is 28.9 Å². The van der Waals surface area contributed by atoms with Crippen LogP contribution in [0.25, 0.3) is 5.78 Å². The second-order valence-corrected chi connectivity index (χ2v) is 7.61. The number of carbonyl (C=O) groups excluding carboxylic acids is 2. The molecule has 9 heteroatoms. The van der Waals surface area contributed by atoms with Crippen molar-refractivity contribution in [2.45, 2.75) is 31.8 Å². The van der Waals surface area contributed by atoms with Gasteiger partial charge in [0.1, 0.15) is 0 Å². The van der Waals surface area contributed by atoms with Gasteiger partial charge in [0, 0.05) is 29.2 Å². The van der Waals surface area contributed by atoms with E-state index in [0.29, 0.717) is 23.2 Å². The van der Waals surface area contributed by atoms with Gasteiger partial charge in [-0.05, 0) is 38.2 Å². The highest BCUT2D eigenvalue weighted by Crippen LogP contribution is 2.27. The van der Waals surface area contributed by atoms with E-state index in [-0.39, 0.29) is 18.9 Å². The van der Waals surface area contributed by atoms with Crippen LogP contribution in [0.3, 0.4) is 0 Å². The molecule has 0 saturated carbocycles. The summed E-state index contributed by atoms with van der Waals surface area (Å²) in [5.74, 6) is -0.182. The zero-order valence-corrected chi connectivity index (χ0v) is 17.3. The monoisotopic (exact) mass is 411 g/mol. The standard InChI is InChI=1S/C20H21N5O3S/c1-12-15(13(2)25-19(21-12)22-20(23-25)29-3)10-18(27)28-11-17(26)24-9-8-14-6-4-5-7-16(14)24/h4-7H,8-11H2,1-3H3. The summed E-state index contributed by atoms with van der Waals surface area (Å²) in [6.45, 7) is 4.03. The molecule has 1 aromatic carbocycles. The molecule has 1 amide bonds. The molecule has 0 fully saturated rings. The van der Waals surface area contributed by atoms with E-state index in [1.165, 1.54) is 11.8 Å². The predicted octanol–water partition coefficient (Wildman–Crippen LogP) is 2.14. The van der Waals surface area contributed by atoms with Gasteiger partial charge in [-0.3, -0.25) is 9.59 Å². The van der Waals surface area contributed by atoms with E-state index in [2.05, 4.69) is 15.1 Å². The molecule has 0 bridgehead atoms. The van der Waals surface area contributed by atoms with E-state index >= 15 is 0 Å². The second-order valence-electron chi connectivity index (χ2n) is 6.83. The maximum atomic E-state index is 12.5. The molecule has 3 heterocycles. The van der Waals surface area contributed by atoms with Crippen LogP contribution in [0.2, 0.25) is 0 Å². The molecule has 1 aliphatic heterocycles. The van der Waals surface area contributed by atoms with Gasteiger partial charge in [-0.25, -0.2) is 9.50 Å². The first-order chi connectivity index (χ1) is 14.0. The SMILES string of the molecule is CSc1nc2nc(C)c(CC(=O)OCC(=O)N3CCc4ccccc43)c(C)n2n1. The number of aromatic nitrogens is 4. The highest BCUT2D eigenvalue weighted by atomic mass is 32.2. The maximum absolute atomic E-state index is 12.5. The number of nitrogens with zero attached hydrogens (tertiary/aromatic N) is 5. The van der Waals surface area contributed by atoms with Crippen molar-refractivity contribution in [3.8, 4) is 0 Å². The number of amides is 1. The molecular weight excluding hydrogens is 390 g/mol. The number of esters is 1. The molecule has 0 N–H and O–H groups in total. The van der Waals surface area contributed by atoms with Crippen LogP contribution in [0.15, 0.2) is 29.4 Å². The third-order valence-corrected chi connectivity index (χ3v) is 5.62. The summed E-state index contributed by atoms with van der Waals surface area (Å²) >= 11 is 1.43. The minimum Gasteiger partial charge on any atom is -0.455 e. The molecule has 0 radical (unpaired) electrons. The summed E-state index contributed by atoms with van der Waals surface area (Å²) in [5.41, 5.74) is 4.25. The van der Waals surface area contributed by atoms with Crippen molar-refractivity contribution in [1.29, 1.82) is 0 Å². The number of benzene rings is 1. The molecular formula is C20H21N5O3S. The number of hydrogen-bond donors (Lipinski definition) is 0. The summed E-state index contributed by atoms with van der Waals surface area (Å²) in [7, 11) is 0. The number of aryl methyl sites for hydroxylation is 2. The minimum absolute atomic E-state index is 0.0267. The van der Waals surface area contributed by atoms with Crippen LogP contribution in [0.1, 0.15) is 22.5 Å². The molecule has 0 spiro atoms. The van der Waals surface area contributed by atoms with E-state index in [9.17, 15) is 9.59 Å². The lowest BCUT2D eigenvalue weighted by atomic mass is 10.1. The number of hydrogen-bond acceptors (Lipinski definition) is 7. The van der Waals surface area contributed by atoms with E-state index in [4.69, 9.17) is 4.74 Å². The molecule has 4 rings (SSSR count). The molecule has 0 atom stereocenters. The zero-order chi connectivity index (χ0) is 20.5. The van der Waals surface area contributed by atoms with Crippen molar-refractivity contribution in [2.75, 3.05) is 24.3 Å². The van der Waals surface area contributed by atoms with E-state index < -0.39 is 5.97 Å². The Balaban J connectivity index is 1.43. The lowest BCUT2D eigenvalue weighted by Gasteiger charge is -2.17. The molecule has 0 unspecified atom stereocenters. The van der Waals surface area contributed by atoms with Crippen LogP contribution in [-0.4, -0.2) is 50.9 Å². The van der Waals surface area contributed by atoms with Gasteiger partial charge in [-0.2, -0.15) is 4.98 Å². The highest BCUT2D eigenvalue weighted by molar-refractivity contribution is 7.98. The smallest absolute Gasteiger partial charge is 0.310 e. The normalized spacial score (nSPS) is 13.0. The molecule has 29 heavy (non-hydrogen) atoms. The predicted molar refractivity (Wildman–Crippen MR) is 109 cm³/mol. The largest absolute Gasteiger partial charge is 0.455 e. The van der Waals surface area contributed by atoms with Crippen molar-refractivity contribution >= 4 is 35.1 Å². The number of para-hydroxylation sites is 1. The average molecular weight is 411 g/mol. The number of anilines is 1. The summed E-state index contributed by atoms with van der Waals surface area (Å²) in [6, 6.07) is 7.78. The van der Waals surface area contributed by atoms with Gasteiger partial charge in [-0.1, -0.05) is 30.0 Å². The molecule has 150 valence electrons. The van der Waals surface area contributed by atoms with Gasteiger partial charge in [0.15, 0.2) is 6.61 Å². The molecule has 0 saturated heterocycles. The molecule has 8 nitrogen and oxygen atoms in total. The highest BCUT2D eigenvalue weighted by Gasteiger charge is 2.25. The Morgan fingerprint density at radius 2 is 2.00 bits per heavy atom. The Morgan fingerprint density at radius 3 is 2.79 bits per heavy atom. The third kappa shape index (κ3) is 3.69. The number of carbonyl (C=O) groups is 2. The Morgan fingerprint density at radius 1 is 1.21 bits per heavy atom. The van der Waals surface area contributed by atoms with Gasteiger partial charge in [0.2, 0.25) is 5.16 Å². The van der Waals surface area contributed by atoms with Gasteiger partial charge in [0.25, 0.3) is 11.7 Å². The Hall–Kier alpha value is -2.94. The fraction of sp³-hybridized carbons (Fsp3) is 0.350. The van der Waals surface area contributed by atoms with Crippen LogP contribution in [-0.2, 0) is 27.2 Å². The van der Waals surface area contributed by atoms with Crippen LogP contribution < -0.4 is 4.90 Å². The molecule has 2 aromatic heterocycles. The number of fused-ring (bicyclic) bond motifs is 2. The molecule has 0 aliphatic carbocycles. The van der Waals surface area contributed by atoms with Crippen LogP contribution in [0.5, 0.6) is 0 Å². The first-order valence-corrected chi connectivity index (χ1v) is 10.5. The number of thioether (sulfide) groups is 1. The van der Waals surface area contributed by atoms with E-state index in [1.54, 1.807) is 9.42 Å². The lowest BCUT2D eigenvalue weighted by molar-refractivity contribution is -0.147. The third-order valence-electron chi connectivity index (χ3n) is 5.08. The van der Waals surface area contributed by atoms with Crippen molar-refractivity contribution < 1.29 is 14.3 Å². The topological polar surface area (TPSA) is 89.7 Å². The lowest BCUT2D eigenvalue weighted by Crippen LogP contribution is -2.33. The van der Waals surface area contributed by atoms with Gasteiger partial charge in [0.05, 0.1) is 6.42 Å². The Labute approximate surface area is 172 Å². The fourth-order valence-electron chi connectivity index (χ4n) is 3.55. The molecule has 1 aliphatic rings. The van der Waals surface area contributed by atoms with Crippen LogP contribution in [0.4, 0.5) is 5.69 Å². The maximum Gasteiger partial charge on any atom is 0.310 e. The first-order valence-electron chi connectivity index (χ1n) is 9.28. The van der Waals surface area contributed by atoms with Crippen molar-refractivity contribution in [3.63, 3.8) is 0 Å². The zero-order valence-electron chi connectivity index (χ0n) is 16.5. The Kier molecular flexibility index (Phi) is 5.23. The van der Waals surface area contributed by atoms with Gasteiger partial charge >= 0.3 is 5.97 Å². The number of ether oxygens (including phenoxy) is 1. The molecule has 3 aromatic rings. The average Bonchev–Trinajstić information content (AvgIpc) is 3.33. The van der Waals surface area contributed by atoms with Gasteiger partial charge < -0.3 is 9.64 Å². The summed E-state index contributed by atoms with van der Waals surface area (Å²) in [4.78, 5) is 35.4. The Bertz CT molecular complexity index is 1110. The first kappa shape index (κ1) is 19.4. The summed E-state index contributed by atoms with van der Waals surface area (Å²) in [6.07, 6.45) is 2.74. The van der Waals surface area contributed by atoms with Crippen molar-refractivity contribution in [3.05, 3.63) is 46.8 Å². The number of rotatable bonds is 5. The second kappa shape index (κ2) is 7.82. The van der Waals surface area contributed by atoms with Crippen LogP contribution in [0, 0.1) is 13.8 Å². The summed E-state index contributed by atoms with van der Waals surface area (Å²) in [5, 5.41) is 5.00. The van der Waals surface area contributed by atoms with Gasteiger partial charge in [-0.15, -0.1) is 5.10 Å². The van der Waals surface area contributed by atoms with E-state index in [1.807, 2.05) is 44.4 Å². The quantitative estimate of drug-likeness (QED) is 0.469. The summed E-state index contributed by atoms with van der Waals surface area (Å²) < 4.78 is 6.91. The fourth-order valence-corrected chi connectivity index (χ4v) is 3.88. The minimum atomic E-state index is -0.469.